The molecule has 0 bridgehead atoms. The minimum atomic E-state index is -4.03. The molecular formula is C32H43N7O8S. The Labute approximate surface area is 280 Å². The number of sulfonamides is 1. The van der Waals surface area contributed by atoms with Crippen LogP contribution in [-0.4, -0.2) is 105 Å². The van der Waals surface area contributed by atoms with Crippen LogP contribution in [0.25, 0.3) is 10.9 Å². The molecule has 1 heterocycles. The Balaban J connectivity index is 1.25. The largest absolute Gasteiger partial charge is 0.382 e. The van der Waals surface area contributed by atoms with E-state index in [0.29, 0.717) is 120 Å². The van der Waals surface area contributed by atoms with E-state index in [4.69, 9.17) is 29.4 Å². The van der Waals surface area contributed by atoms with E-state index in [-0.39, 0.29) is 16.4 Å². The zero-order chi connectivity index (χ0) is 34.6. The first-order valence-electron chi connectivity index (χ1n) is 15.5. The number of aromatic nitrogens is 1. The number of fused-ring (bicyclic) bond motifs is 1. The zero-order valence-corrected chi connectivity index (χ0v) is 27.8. The summed E-state index contributed by atoms with van der Waals surface area (Å²) >= 11 is 0. The lowest BCUT2D eigenvalue weighted by Gasteiger charge is -2.13. The van der Waals surface area contributed by atoms with Gasteiger partial charge in [0.05, 0.1) is 99.0 Å². The van der Waals surface area contributed by atoms with Crippen LogP contribution in [0.5, 0.6) is 0 Å². The summed E-state index contributed by atoms with van der Waals surface area (Å²) < 4.78 is 55.9. The van der Waals surface area contributed by atoms with Crippen LogP contribution >= 0.6 is 0 Å². The van der Waals surface area contributed by atoms with Gasteiger partial charge in [-0.1, -0.05) is 6.07 Å². The maximum Gasteiger partial charge on any atom is 0.262 e. The zero-order valence-electron chi connectivity index (χ0n) is 27.0. The molecule has 260 valence electrons. The van der Waals surface area contributed by atoms with Crippen molar-refractivity contribution in [2.24, 2.45) is 5.73 Å². The summed E-state index contributed by atoms with van der Waals surface area (Å²) in [5.74, 6) is -0.0949. The number of nitrogens with zero attached hydrogens (tertiary/aromatic N) is 2. The van der Waals surface area contributed by atoms with Crippen molar-refractivity contribution in [2.75, 3.05) is 95.7 Å². The van der Waals surface area contributed by atoms with Gasteiger partial charge in [-0.2, -0.15) is 10.5 Å². The average Bonchev–Trinajstić information content (AvgIpc) is 3.53. The van der Waals surface area contributed by atoms with E-state index in [1.807, 2.05) is 13.0 Å². The Morgan fingerprint density at radius 1 is 0.812 bits per heavy atom. The highest BCUT2D eigenvalue weighted by Gasteiger charge is 2.19. The van der Waals surface area contributed by atoms with Crippen LogP contribution in [0.4, 0.5) is 11.4 Å². The minimum Gasteiger partial charge on any atom is -0.382 e. The molecule has 0 radical (unpaired) electrons. The number of rotatable bonds is 24. The van der Waals surface area contributed by atoms with E-state index >= 15 is 0 Å². The van der Waals surface area contributed by atoms with Crippen LogP contribution in [0.3, 0.4) is 0 Å². The highest BCUT2D eigenvalue weighted by Crippen LogP contribution is 2.30. The van der Waals surface area contributed by atoms with Gasteiger partial charge in [0.15, 0.2) is 0 Å². The van der Waals surface area contributed by atoms with Gasteiger partial charge in [-0.25, -0.2) is 8.42 Å². The van der Waals surface area contributed by atoms with Crippen molar-refractivity contribution in [2.45, 2.75) is 18.2 Å². The van der Waals surface area contributed by atoms with Crippen LogP contribution in [-0.2, 0) is 38.5 Å². The number of hydrogen-bond acceptors (Lipinski definition) is 12. The molecule has 0 saturated carbocycles. The van der Waals surface area contributed by atoms with Crippen LogP contribution in [0.15, 0.2) is 41.4 Å². The van der Waals surface area contributed by atoms with Gasteiger partial charge in [0.1, 0.15) is 12.1 Å². The Morgan fingerprint density at radius 2 is 1.42 bits per heavy atom. The summed E-state index contributed by atoms with van der Waals surface area (Å²) in [5.41, 5.74) is 8.02. The monoisotopic (exact) mass is 685 g/mol. The van der Waals surface area contributed by atoms with E-state index in [1.54, 1.807) is 12.1 Å². The predicted octanol–water partition coefficient (Wildman–Crippen LogP) is 1.98. The number of carbonyl (C=O) groups excluding carboxylic acids is 1. The number of aromatic amines is 1. The molecule has 0 spiro atoms. The summed E-state index contributed by atoms with van der Waals surface area (Å²) in [7, 11) is -4.03. The average molecular weight is 686 g/mol. The van der Waals surface area contributed by atoms with Crippen molar-refractivity contribution in [3.8, 4) is 12.1 Å². The number of anilines is 2. The van der Waals surface area contributed by atoms with Gasteiger partial charge in [0.2, 0.25) is 5.91 Å². The van der Waals surface area contributed by atoms with E-state index < -0.39 is 10.0 Å². The fraction of sp³-hybridized carbons (Fsp3) is 0.469. The molecule has 15 nitrogen and oxygen atoms in total. The number of aryl methyl sites for hydroxylation is 1. The molecule has 0 atom stereocenters. The molecule has 6 N–H and O–H groups in total. The lowest BCUT2D eigenvalue weighted by molar-refractivity contribution is -0.122. The predicted molar refractivity (Wildman–Crippen MR) is 179 cm³/mol. The third-order valence-corrected chi connectivity index (χ3v) is 8.18. The third kappa shape index (κ3) is 12.4. The summed E-state index contributed by atoms with van der Waals surface area (Å²) in [6, 6.07) is 11.8. The molecule has 48 heavy (non-hydrogen) atoms. The summed E-state index contributed by atoms with van der Waals surface area (Å²) in [6.45, 7) is 6.99. The van der Waals surface area contributed by atoms with Crippen LogP contribution < -0.4 is 21.1 Å². The first-order chi connectivity index (χ1) is 23.3. The maximum absolute atomic E-state index is 13.2. The maximum atomic E-state index is 13.2. The number of ether oxygens (including phenoxy) is 5. The van der Waals surface area contributed by atoms with Gasteiger partial charge in [0.25, 0.3) is 10.0 Å². The van der Waals surface area contributed by atoms with Gasteiger partial charge in [-0.15, -0.1) is 0 Å². The van der Waals surface area contributed by atoms with Crippen LogP contribution in [0, 0.1) is 29.6 Å². The highest BCUT2D eigenvalue weighted by atomic mass is 32.2. The number of benzene rings is 2. The number of carbonyl (C=O) groups is 1. The molecule has 1 amide bonds. The SMILES string of the molecule is Cc1ccc(NS(=O)(=O)c2ccc(NCCOCCOCCOCCOCCNC(=O)CCOCCN)c(C#N)c2)c2[nH]cc(C#N)c12. The van der Waals surface area contributed by atoms with Crippen molar-refractivity contribution in [1.29, 1.82) is 10.5 Å². The highest BCUT2D eigenvalue weighted by molar-refractivity contribution is 7.92. The molecule has 0 saturated heterocycles. The van der Waals surface area contributed by atoms with Crippen molar-refractivity contribution >= 4 is 38.2 Å². The quantitative estimate of drug-likeness (QED) is 0.0854. The third-order valence-electron chi connectivity index (χ3n) is 6.81. The first kappa shape index (κ1) is 38.2. The standard InChI is InChI=1S/C32H43N7O8S/c1-24-2-4-29(32-31(24)26(22-35)23-38-32)39-48(41,42)27-3-5-28(25(20-27)21-34)36-8-12-44-14-16-46-18-19-47-17-15-45-13-9-37-30(40)6-10-43-11-7-33/h2-5,20,23,36,38-39H,6-19,33H2,1H3,(H,37,40). The molecule has 0 aliphatic heterocycles. The normalized spacial score (nSPS) is 11.2. The molecule has 1 aromatic heterocycles. The van der Waals surface area contributed by atoms with Crippen molar-refractivity contribution in [3.63, 3.8) is 0 Å². The van der Waals surface area contributed by atoms with E-state index in [1.165, 1.54) is 24.4 Å². The Bertz CT molecular complexity index is 1650. The van der Waals surface area contributed by atoms with Gasteiger partial charge in [0, 0.05) is 37.6 Å². The summed E-state index contributed by atoms with van der Waals surface area (Å²) in [5, 5.41) is 25.5. The topological polar surface area (TPSA) is 223 Å². The van der Waals surface area contributed by atoms with Gasteiger partial charge < -0.3 is 45.0 Å². The number of amides is 1. The molecule has 3 rings (SSSR count). The van der Waals surface area contributed by atoms with E-state index in [0.717, 1.165) is 5.56 Å². The Morgan fingerprint density at radius 3 is 2.06 bits per heavy atom. The lowest BCUT2D eigenvalue weighted by Crippen LogP contribution is -2.28. The molecule has 0 fully saturated rings. The molecule has 0 aliphatic carbocycles. The van der Waals surface area contributed by atoms with Crippen molar-refractivity contribution in [1.82, 2.24) is 10.3 Å². The summed E-state index contributed by atoms with van der Waals surface area (Å²) in [6.07, 6.45) is 1.83. The van der Waals surface area contributed by atoms with Gasteiger partial charge in [-0.05, 0) is 36.8 Å². The fourth-order valence-electron chi connectivity index (χ4n) is 4.46. The van der Waals surface area contributed by atoms with Crippen molar-refractivity contribution in [3.05, 3.63) is 53.2 Å². The van der Waals surface area contributed by atoms with E-state index in [9.17, 15) is 23.7 Å². The van der Waals surface area contributed by atoms with Crippen LogP contribution in [0.2, 0.25) is 0 Å². The Kier molecular flexibility index (Phi) is 16.6. The number of nitriles is 2. The molecule has 2 aromatic carbocycles. The second-order valence-corrected chi connectivity index (χ2v) is 12.0. The second kappa shape index (κ2) is 20.9. The van der Waals surface area contributed by atoms with Crippen molar-refractivity contribution < 1.29 is 36.9 Å². The summed E-state index contributed by atoms with van der Waals surface area (Å²) in [4.78, 5) is 14.5. The Hall–Kier alpha value is -4.26. The molecule has 16 heteroatoms. The van der Waals surface area contributed by atoms with Gasteiger partial charge >= 0.3 is 0 Å². The first-order valence-corrected chi connectivity index (χ1v) is 17.0. The number of nitrogens with two attached hydrogens (primary N) is 1. The second-order valence-electron chi connectivity index (χ2n) is 10.3. The van der Waals surface area contributed by atoms with E-state index in [2.05, 4.69) is 26.4 Å². The smallest absolute Gasteiger partial charge is 0.262 e. The molecule has 0 unspecified atom stereocenters. The van der Waals surface area contributed by atoms with Crippen LogP contribution in [0.1, 0.15) is 23.1 Å². The number of H-pyrrole nitrogens is 1. The lowest BCUT2D eigenvalue weighted by atomic mass is 10.1. The van der Waals surface area contributed by atoms with Gasteiger partial charge in [-0.3, -0.25) is 9.52 Å². The number of nitrogens with one attached hydrogen (secondary N) is 4. The molecular weight excluding hydrogens is 642 g/mol. The molecule has 0 aliphatic rings. The number of hydrogen-bond donors (Lipinski definition) is 5. The molecule has 3 aromatic rings. The minimum absolute atomic E-state index is 0.0719. The fourth-order valence-corrected chi connectivity index (χ4v) is 5.55.